The minimum absolute atomic E-state index is 0.00109. The molecule has 0 radical (unpaired) electrons. The van der Waals surface area contributed by atoms with Gasteiger partial charge in [0, 0.05) is 46.5 Å². The number of hydrogen-bond donors (Lipinski definition) is 1. The second kappa shape index (κ2) is 14.6. The number of anilines is 1. The Morgan fingerprint density at radius 2 is 1.52 bits per heavy atom. The number of nitrogens with one attached hydrogen (secondary N) is 1. The molecule has 1 atom stereocenters. The van der Waals surface area contributed by atoms with Crippen molar-refractivity contribution in [2.24, 2.45) is 0 Å². The fraction of sp³-hybridized carbons (Fsp3) is 0.355. The fourth-order valence-corrected chi connectivity index (χ4v) is 6.01. The molecule has 0 aromatic heterocycles. The average molecular weight is 653 g/mol. The summed E-state index contributed by atoms with van der Waals surface area (Å²) in [4.78, 5) is 29.2. The van der Waals surface area contributed by atoms with Crippen LogP contribution in [0.5, 0.6) is 0 Å². The molecule has 0 bridgehead atoms. The molecular formula is C31H36Cl3N3O4S. The molecule has 0 saturated heterocycles. The van der Waals surface area contributed by atoms with Crippen molar-refractivity contribution < 1.29 is 18.0 Å². The number of halogens is 3. The van der Waals surface area contributed by atoms with Crippen LogP contribution in [-0.4, -0.2) is 49.5 Å². The van der Waals surface area contributed by atoms with Gasteiger partial charge in [0.15, 0.2) is 0 Å². The van der Waals surface area contributed by atoms with Crippen LogP contribution in [0.25, 0.3) is 0 Å². The summed E-state index contributed by atoms with van der Waals surface area (Å²) in [6.07, 6.45) is 1.61. The van der Waals surface area contributed by atoms with E-state index in [9.17, 15) is 18.0 Å². The zero-order valence-electron chi connectivity index (χ0n) is 24.1. The van der Waals surface area contributed by atoms with Gasteiger partial charge in [-0.3, -0.25) is 13.9 Å². The molecule has 42 heavy (non-hydrogen) atoms. The van der Waals surface area contributed by atoms with Crippen molar-refractivity contribution in [3.63, 3.8) is 0 Å². The third kappa shape index (κ3) is 10.2. The number of sulfonamides is 1. The van der Waals surface area contributed by atoms with Crippen molar-refractivity contribution in [1.29, 1.82) is 0 Å². The first-order valence-corrected chi connectivity index (χ1v) is 16.4. The number of carbonyl (C=O) groups excluding carboxylic acids is 2. The Labute approximate surface area is 263 Å². The molecule has 0 heterocycles. The molecule has 0 unspecified atom stereocenters. The Balaban J connectivity index is 1.93. The van der Waals surface area contributed by atoms with E-state index in [0.29, 0.717) is 26.3 Å². The lowest BCUT2D eigenvalue weighted by Gasteiger charge is -2.34. The summed E-state index contributed by atoms with van der Waals surface area (Å²) in [5, 5.41) is 4.33. The lowest BCUT2D eigenvalue weighted by atomic mass is 10.00. The molecule has 0 spiro atoms. The SMILES string of the molecule is CC(C)(C)NC(=O)[C@@H](Cc1ccccc1)N(Cc1ccc(Cl)cc1Cl)C(=O)CCCN(c1ccc(Cl)cc1)S(C)(=O)=O. The molecule has 0 aliphatic rings. The molecule has 0 saturated carbocycles. The highest BCUT2D eigenvalue weighted by Crippen LogP contribution is 2.26. The summed E-state index contributed by atoms with van der Waals surface area (Å²) >= 11 is 18.6. The third-order valence-corrected chi connectivity index (χ3v) is 8.42. The Morgan fingerprint density at radius 3 is 2.10 bits per heavy atom. The molecule has 3 rings (SSSR count). The number of rotatable bonds is 12. The van der Waals surface area contributed by atoms with E-state index < -0.39 is 21.6 Å². The summed E-state index contributed by atoms with van der Waals surface area (Å²) in [6, 6.07) is 20.1. The van der Waals surface area contributed by atoms with Gasteiger partial charge in [-0.15, -0.1) is 0 Å². The Morgan fingerprint density at radius 1 is 0.905 bits per heavy atom. The minimum Gasteiger partial charge on any atom is -0.350 e. The van der Waals surface area contributed by atoms with Gasteiger partial charge < -0.3 is 10.2 Å². The van der Waals surface area contributed by atoms with Gasteiger partial charge >= 0.3 is 0 Å². The summed E-state index contributed by atoms with van der Waals surface area (Å²) in [5.41, 5.74) is 1.44. The Kier molecular flexibility index (Phi) is 11.7. The highest BCUT2D eigenvalue weighted by molar-refractivity contribution is 7.92. The number of benzene rings is 3. The van der Waals surface area contributed by atoms with E-state index in [-0.39, 0.29) is 44.2 Å². The van der Waals surface area contributed by atoms with Crippen LogP contribution in [0, 0.1) is 0 Å². The van der Waals surface area contributed by atoms with Crippen molar-refractivity contribution in [1.82, 2.24) is 10.2 Å². The zero-order valence-corrected chi connectivity index (χ0v) is 27.2. The fourth-order valence-electron chi connectivity index (χ4n) is 4.45. The van der Waals surface area contributed by atoms with Crippen molar-refractivity contribution in [3.8, 4) is 0 Å². The van der Waals surface area contributed by atoms with Crippen molar-refractivity contribution in [2.75, 3.05) is 17.1 Å². The molecule has 226 valence electrons. The van der Waals surface area contributed by atoms with Gasteiger partial charge in [-0.25, -0.2) is 8.42 Å². The lowest BCUT2D eigenvalue weighted by molar-refractivity contribution is -0.142. The number of nitrogens with zero attached hydrogens (tertiary/aromatic N) is 2. The third-order valence-electron chi connectivity index (χ3n) is 6.39. The predicted octanol–water partition coefficient (Wildman–Crippen LogP) is 6.75. The highest BCUT2D eigenvalue weighted by atomic mass is 35.5. The molecule has 0 aliphatic carbocycles. The first kappa shape index (κ1) is 33.7. The van der Waals surface area contributed by atoms with Crippen LogP contribution in [0.3, 0.4) is 0 Å². The molecule has 1 N–H and O–H groups in total. The van der Waals surface area contributed by atoms with Gasteiger partial charge in [-0.1, -0.05) is 71.2 Å². The van der Waals surface area contributed by atoms with Crippen LogP contribution in [0.1, 0.15) is 44.7 Å². The lowest BCUT2D eigenvalue weighted by Crippen LogP contribution is -2.54. The van der Waals surface area contributed by atoms with Crippen molar-refractivity contribution >= 4 is 62.3 Å². The molecule has 0 fully saturated rings. The monoisotopic (exact) mass is 651 g/mol. The van der Waals surface area contributed by atoms with Gasteiger partial charge in [0.25, 0.3) is 0 Å². The Bertz CT molecular complexity index is 1480. The van der Waals surface area contributed by atoms with Crippen LogP contribution in [0.2, 0.25) is 15.1 Å². The maximum absolute atomic E-state index is 13.9. The van der Waals surface area contributed by atoms with E-state index in [0.717, 1.165) is 11.8 Å². The second-order valence-corrected chi connectivity index (χ2v) is 14.3. The van der Waals surface area contributed by atoms with Gasteiger partial charge in [0.1, 0.15) is 6.04 Å². The van der Waals surface area contributed by atoms with Gasteiger partial charge in [0.2, 0.25) is 21.8 Å². The normalized spacial score (nSPS) is 12.5. The highest BCUT2D eigenvalue weighted by Gasteiger charge is 2.32. The van der Waals surface area contributed by atoms with E-state index in [4.69, 9.17) is 34.8 Å². The van der Waals surface area contributed by atoms with E-state index >= 15 is 0 Å². The standard InChI is InChI=1S/C31H36Cl3N3O4S/c1-31(2,3)35-30(39)28(19-22-9-6-5-7-10-22)36(21-23-12-13-25(33)20-27(23)34)29(38)11-8-18-37(42(4,40)41)26-16-14-24(32)15-17-26/h5-7,9-10,12-17,20,28H,8,11,18-19,21H2,1-4H3,(H,35,39)/t28-/m1/s1. The molecule has 3 aromatic carbocycles. The topological polar surface area (TPSA) is 86.8 Å². The molecular weight excluding hydrogens is 617 g/mol. The van der Waals surface area contributed by atoms with E-state index in [1.807, 2.05) is 51.1 Å². The van der Waals surface area contributed by atoms with Gasteiger partial charge in [-0.2, -0.15) is 0 Å². The second-order valence-electron chi connectivity index (χ2n) is 11.1. The average Bonchev–Trinajstić information content (AvgIpc) is 2.89. The molecule has 3 aromatic rings. The zero-order chi connectivity index (χ0) is 31.1. The van der Waals surface area contributed by atoms with E-state index in [2.05, 4.69) is 5.32 Å². The first-order valence-electron chi connectivity index (χ1n) is 13.5. The summed E-state index contributed by atoms with van der Waals surface area (Å²) in [5.74, 6) is -0.612. The van der Waals surface area contributed by atoms with Crippen LogP contribution in [-0.2, 0) is 32.6 Å². The van der Waals surface area contributed by atoms with Crippen LogP contribution in [0.15, 0.2) is 72.8 Å². The summed E-state index contributed by atoms with van der Waals surface area (Å²) < 4.78 is 26.4. The Hall–Kier alpha value is -2.78. The van der Waals surface area contributed by atoms with Crippen LogP contribution < -0.4 is 9.62 Å². The van der Waals surface area contributed by atoms with E-state index in [1.165, 1.54) is 9.21 Å². The van der Waals surface area contributed by atoms with Crippen molar-refractivity contribution in [2.45, 2.75) is 58.2 Å². The molecule has 0 aliphatic heterocycles. The largest absolute Gasteiger partial charge is 0.350 e. The van der Waals surface area contributed by atoms with Gasteiger partial charge in [-0.05, 0) is 74.7 Å². The van der Waals surface area contributed by atoms with Crippen LogP contribution >= 0.6 is 34.8 Å². The van der Waals surface area contributed by atoms with E-state index in [1.54, 1.807) is 42.5 Å². The summed E-state index contributed by atoms with van der Waals surface area (Å²) in [7, 11) is -3.63. The predicted molar refractivity (Wildman–Crippen MR) is 172 cm³/mol. The summed E-state index contributed by atoms with van der Waals surface area (Å²) in [6.45, 7) is 5.77. The number of amides is 2. The smallest absolute Gasteiger partial charge is 0.243 e. The molecule has 2 amide bonds. The van der Waals surface area contributed by atoms with Crippen molar-refractivity contribution in [3.05, 3.63) is 99.0 Å². The van der Waals surface area contributed by atoms with Crippen LogP contribution in [0.4, 0.5) is 5.69 Å². The maximum atomic E-state index is 13.9. The molecule has 7 nitrogen and oxygen atoms in total. The first-order chi connectivity index (χ1) is 19.6. The number of hydrogen-bond acceptors (Lipinski definition) is 4. The number of carbonyl (C=O) groups is 2. The molecule has 11 heteroatoms. The van der Waals surface area contributed by atoms with Gasteiger partial charge in [0.05, 0.1) is 11.9 Å². The minimum atomic E-state index is -3.63. The maximum Gasteiger partial charge on any atom is 0.243 e. The quantitative estimate of drug-likeness (QED) is 0.235.